The zero-order valence-electron chi connectivity index (χ0n) is 10.4. The zero-order chi connectivity index (χ0) is 13.7. The van der Waals surface area contributed by atoms with Crippen LogP contribution < -0.4 is 0 Å². The van der Waals surface area contributed by atoms with Gasteiger partial charge < -0.3 is 19.5 Å². The first-order valence-corrected chi connectivity index (χ1v) is 5.63. The molecule has 18 heavy (non-hydrogen) atoms. The average Bonchev–Trinajstić information content (AvgIpc) is 2.71. The minimum absolute atomic E-state index is 0.149. The van der Waals surface area contributed by atoms with Crippen LogP contribution in [0.1, 0.15) is 29.5 Å². The van der Waals surface area contributed by atoms with Crippen LogP contribution in [0.2, 0.25) is 0 Å². The van der Waals surface area contributed by atoms with Gasteiger partial charge in [0, 0.05) is 13.6 Å². The number of nitrogens with zero attached hydrogens (tertiary/aromatic N) is 1. The molecule has 6 nitrogen and oxygen atoms in total. The molecule has 0 saturated heterocycles. The largest absolute Gasteiger partial charge is 0.481 e. The summed E-state index contributed by atoms with van der Waals surface area (Å²) in [6.07, 6.45) is 0.962. The number of hydrogen-bond donors (Lipinski definition) is 2. The zero-order valence-corrected chi connectivity index (χ0v) is 10.4. The molecule has 1 aromatic rings. The average molecular weight is 255 g/mol. The first-order valence-electron chi connectivity index (χ1n) is 5.63. The van der Waals surface area contributed by atoms with Gasteiger partial charge in [0.2, 0.25) is 0 Å². The number of carboxylic acids is 1. The number of amides is 1. The van der Waals surface area contributed by atoms with E-state index in [0.717, 1.165) is 0 Å². The Bertz CT molecular complexity index is 424. The maximum absolute atomic E-state index is 12.0. The summed E-state index contributed by atoms with van der Waals surface area (Å²) in [7, 11) is 1.60. The number of aliphatic hydroxyl groups excluding tert-OH is 1. The molecule has 0 aliphatic heterocycles. The Balaban J connectivity index is 2.71. The van der Waals surface area contributed by atoms with E-state index >= 15 is 0 Å². The SMILES string of the molecule is CC(O)CCN(C)C(=O)c1ccoc1CC(=O)O. The number of carbonyl (C=O) groups excluding carboxylic acids is 1. The Morgan fingerprint density at radius 1 is 1.50 bits per heavy atom. The number of hydrogen-bond acceptors (Lipinski definition) is 4. The van der Waals surface area contributed by atoms with E-state index in [2.05, 4.69) is 0 Å². The molecular weight excluding hydrogens is 238 g/mol. The van der Waals surface area contributed by atoms with E-state index in [4.69, 9.17) is 14.6 Å². The predicted molar refractivity (Wildman–Crippen MR) is 63.3 cm³/mol. The lowest BCUT2D eigenvalue weighted by atomic mass is 10.1. The molecule has 6 heteroatoms. The highest BCUT2D eigenvalue weighted by Gasteiger charge is 2.20. The van der Waals surface area contributed by atoms with Gasteiger partial charge in [-0.3, -0.25) is 9.59 Å². The molecule has 2 N–H and O–H groups in total. The number of aliphatic carboxylic acids is 1. The Kier molecular flexibility index (Phi) is 4.91. The standard InChI is InChI=1S/C12H17NO5/c1-8(14)3-5-13(2)12(17)9-4-6-18-10(9)7-11(15)16/h4,6,8,14H,3,5,7H2,1-2H3,(H,15,16). The van der Waals surface area contributed by atoms with Crippen LogP contribution in [0.5, 0.6) is 0 Å². The molecule has 1 unspecified atom stereocenters. The highest BCUT2D eigenvalue weighted by Crippen LogP contribution is 2.14. The van der Waals surface area contributed by atoms with E-state index in [1.165, 1.54) is 17.2 Å². The lowest BCUT2D eigenvalue weighted by Crippen LogP contribution is -2.30. The highest BCUT2D eigenvalue weighted by molar-refractivity contribution is 5.95. The third kappa shape index (κ3) is 3.89. The Hall–Kier alpha value is -1.82. The van der Waals surface area contributed by atoms with Gasteiger partial charge in [0.15, 0.2) is 0 Å². The molecule has 1 atom stereocenters. The van der Waals surface area contributed by atoms with Crippen molar-refractivity contribution < 1.29 is 24.2 Å². The molecule has 0 bridgehead atoms. The summed E-state index contributed by atoms with van der Waals surface area (Å²) < 4.78 is 4.99. The van der Waals surface area contributed by atoms with Crippen molar-refractivity contribution in [2.45, 2.75) is 25.9 Å². The fourth-order valence-corrected chi connectivity index (χ4v) is 1.49. The van der Waals surface area contributed by atoms with Crippen molar-refractivity contribution in [3.8, 4) is 0 Å². The molecule has 1 amide bonds. The lowest BCUT2D eigenvalue weighted by molar-refractivity contribution is -0.136. The first-order chi connectivity index (χ1) is 8.41. The number of carboxylic acid groups (broad SMARTS) is 1. The summed E-state index contributed by atoms with van der Waals surface area (Å²) in [5.41, 5.74) is 0.255. The molecular formula is C12H17NO5. The first kappa shape index (κ1) is 14.2. The van der Waals surface area contributed by atoms with E-state index < -0.39 is 12.1 Å². The Labute approximate surface area is 105 Å². The Morgan fingerprint density at radius 3 is 2.72 bits per heavy atom. The maximum atomic E-state index is 12.0. The molecule has 1 aromatic heterocycles. The van der Waals surface area contributed by atoms with Crippen LogP contribution in [0, 0.1) is 0 Å². The van der Waals surface area contributed by atoms with Crippen molar-refractivity contribution in [1.29, 1.82) is 0 Å². The molecule has 1 rings (SSSR count). The lowest BCUT2D eigenvalue weighted by Gasteiger charge is -2.17. The van der Waals surface area contributed by atoms with Gasteiger partial charge in [-0.1, -0.05) is 0 Å². The predicted octanol–water partition coefficient (Wildman–Crippen LogP) is 0.750. The number of carbonyl (C=O) groups is 2. The smallest absolute Gasteiger partial charge is 0.311 e. The number of rotatable bonds is 6. The molecule has 0 spiro atoms. The second-order valence-corrected chi connectivity index (χ2v) is 4.19. The molecule has 1 heterocycles. The van der Waals surface area contributed by atoms with Gasteiger partial charge in [-0.05, 0) is 19.4 Å². The summed E-state index contributed by atoms with van der Waals surface area (Å²) in [6, 6.07) is 1.46. The quantitative estimate of drug-likeness (QED) is 0.782. The van der Waals surface area contributed by atoms with Crippen LogP contribution >= 0.6 is 0 Å². The molecule has 100 valence electrons. The molecule has 0 aliphatic carbocycles. The van der Waals surface area contributed by atoms with Crippen molar-refractivity contribution >= 4 is 11.9 Å². The number of furan rings is 1. The molecule has 0 fully saturated rings. The maximum Gasteiger partial charge on any atom is 0.311 e. The van der Waals surface area contributed by atoms with Crippen molar-refractivity contribution in [1.82, 2.24) is 4.90 Å². The normalized spacial score (nSPS) is 12.2. The van der Waals surface area contributed by atoms with Crippen LogP contribution in [-0.4, -0.2) is 46.7 Å². The van der Waals surface area contributed by atoms with Gasteiger partial charge in [0.25, 0.3) is 5.91 Å². The van der Waals surface area contributed by atoms with Crippen LogP contribution in [0.3, 0.4) is 0 Å². The minimum Gasteiger partial charge on any atom is -0.481 e. The second-order valence-electron chi connectivity index (χ2n) is 4.19. The van der Waals surface area contributed by atoms with E-state index in [0.29, 0.717) is 13.0 Å². The van der Waals surface area contributed by atoms with Gasteiger partial charge >= 0.3 is 5.97 Å². The van der Waals surface area contributed by atoms with Crippen molar-refractivity contribution in [2.75, 3.05) is 13.6 Å². The van der Waals surface area contributed by atoms with Crippen LogP contribution in [-0.2, 0) is 11.2 Å². The third-order valence-corrected chi connectivity index (χ3v) is 2.52. The van der Waals surface area contributed by atoms with Crippen molar-refractivity contribution in [3.63, 3.8) is 0 Å². The van der Waals surface area contributed by atoms with Crippen LogP contribution in [0.15, 0.2) is 16.7 Å². The van der Waals surface area contributed by atoms with Crippen molar-refractivity contribution in [2.24, 2.45) is 0 Å². The fraction of sp³-hybridized carbons (Fsp3) is 0.500. The monoisotopic (exact) mass is 255 g/mol. The molecule has 0 aliphatic rings. The minimum atomic E-state index is -1.05. The topological polar surface area (TPSA) is 91.0 Å². The van der Waals surface area contributed by atoms with Gasteiger partial charge in [0.1, 0.15) is 12.2 Å². The van der Waals surface area contributed by atoms with E-state index in [1.807, 2.05) is 0 Å². The third-order valence-electron chi connectivity index (χ3n) is 2.52. The van der Waals surface area contributed by atoms with E-state index in [9.17, 15) is 9.59 Å². The number of aliphatic hydroxyl groups is 1. The molecule has 0 saturated carbocycles. The molecule has 0 radical (unpaired) electrons. The van der Waals surface area contributed by atoms with Crippen molar-refractivity contribution in [3.05, 3.63) is 23.7 Å². The van der Waals surface area contributed by atoms with Gasteiger partial charge in [-0.15, -0.1) is 0 Å². The highest BCUT2D eigenvalue weighted by atomic mass is 16.4. The summed E-state index contributed by atoms with van der Waals surface area (Å²) in [6.45, 7) is 2.04. The van der Waals surface area contributed by atoms with E-state index in [1.54, 1.807) is 14.0 Å². The molecule has 0 aromatic carbocycles. The van der Waals surface area contributed by atoms with Gasteiger partial charge in [-0.2, -0.15) is 0 Å². The van der Waals surface area contributed by atoms with Gasteiger partial charge in [-0.25, -0.2) is 0 Å². The van der Waals surface area contributed by atoms with Gasteiger partial charge in [0.05, 0.1) is 17.9 Å². The summed E-state index contributed by atoms with van der Waals surface area (Å²) >= 11 is 0. The summed E-state index contributed by atoms with van der Waals surface area (Å²) in [5, 5.41) is 17.8. The summed E-state index contributed by atoms with van der Waals surface area (Å²) in [5.74, 6) is -1.21. The second kappa shape index (κ2) is 6.20. The van der Waals surface area contributed by atoms with Crippen LogP contribution in [0.25, 0.3) is 0 Å². The fourth-order valence-electron chi connectivity index (χ4n) is 1.49. The van der Waals surface area contributed by atoms with Crippen LogP contribution in [0.4, 0.5) is 0 Å². The summed E-state index contributed by atoms with van der Waals surface area (Å²) in [4.78, 5) is 24.1. The Morgan fingerprint density at radius 2 is 2.17 bits per heavy atom. The van der Waals surface area contributed by atoms with E-state index in [-0.39, 0.29) is 23.7 Å².